The van der Waals surface area contributed by atoms with Crippen molar-refractivity contribution in [2.45, 2.75) is 43.5 Å². The lowest BCUT2D eigenvalue weighted by Gasteiger charge is -2.09. The molecule has 1 unspecified atom stereocenters. The third-order valence-corrected chi connectivity index (χ3v) is 3.78. The second kappa shape index (κ2) is 6.19. The molecular weight excluding hydrogens is 252 g/mol. The second-order valence-corrected chi connectivity index (χ2v) is 5.35. The smallest absolute Gasteiger partial charge is 0.230 e. The molecule has 0 aromatic carbocycles. The summed E-state index contributed by atoms with van der Waals surface area (Å²) in [4.78, 5) is 11.6. The summed E-state index contributed by atoms with van der Waals surface area (Å²) in [5.74, 6) is 0.222. The van der Waals surface area contributed by atoms with E-state index in [4.69, 9.17) is 0 Å². The van der Waals surface area contributed by atoms with Gasteiger partial charge in [0.2, 0.25) is 5.91 Å². The van der Waals surface area contributed by atoms with Crippen molar-refractivity contribution in [3.63, 3.8) is 0 Å². The predicted molar refractivity (Wildman–Crippen MR) is 68.3 cm³/mol. The number of carbonyl (C=O) groups excluding carboxylic acids is 1. The van der Waals surface area contributed by atoms with E-state index < -0.39 is 6.10 Å². The van der Waals surface area contributed by atoms with Gasteiger partial charge in [-0.25, -0.2) is 0 Å². The van der Waals surface area contributed by atoms with Gasteiger partial charge in [0, 0.05) is 12.6 Å². The standard InChI is InChI=1S/C11H18N4O2S/c1-2-9(16)5-12-10(17)6-18-11-14-13-7-15(11)8-3-4-8/h7-9,16H,2-6H2,1H3,(H,12,17). The minimum atomic E-state index is -0.464. The number of aromatic nitrogens is 3. The Bertz CT molecular complexity index is 406. The van der Waals surface area contributed by atoms with E-state index in [1.807, 2.05) is 11.5 Å². The van der Waals surface area contributed by atoms with Crippen LogP contribution in [0.25, 0.3) is 0 Å². The highest BCUT2D eigenvalue weighted by molar-refractivity contribution is 7.99. The maximum absolute atomic E-state index is 11.6. The maximum atomic E-state index is 11.6. The first-order valence-electron chi connectivity index (χ1n) is 6.17. The average Bonchev–Trinajstić information content (AvgIpc) is 3.12. The molecule has 0 saturated heterocycles. The molecule has 100 valence electrons. The fraction of sp³-hybridized carbons (Fsp3) is 0.727. The fourth-order valence-corrected chi connectivity index (χ4v) is 2.31. The molecule has 1 amide bonds. The van der Waals surface area contributed by atoms with Crippen molar-refractivity contribution < 1.29 is 9.90 Å². The summed E-state index contributed by atoms with van der Waals surface area (Å²) in [6, 6.07) is 0.521. The number of thioether (sulfide) groups is 1. The normalized spacial score (nSPS) is 16.6. The quantitative estimate of drug-likeness (QED) is 0.709. The molecule has 1 atom stereocenters. The molecule has 1 heterocycles. The van der Waals surface area contributed by atoms with Crippen molar-refractivity contribution in [1.29, 1.82) is 0 Å². The first-order valence-corrected chi connectivity index (χ1v) is 7.16. The van der Waals surface area contributed by atoms with E-state index in [2.05, 4.69) is 15.5 Å². The number of rotatable bonds is 7. The molecule has 0 bridgehead atoms. The first kappa shape index (κ1) is 13.4. The van der Waals surface area contributed by atoms with Crippen LogP contribution in [0, 0.1) is 0 Å². The summed E-state index contributed by atoms with van der Waals surface area (Å²) < 4.78 is 2.03. The van der Waals surface area contributed by atoms with Gasteiger partial charge in [0.15, 0.2) is 5.16 Å². The Morgan fingerprint density at radius 2 is 2.50 bits per heavy atom. The van der Waals surface area contributed by atoms with Crippen LogP contribution < -0.4 is 5.32 Å². The summed E-state index contributed by atoms with van der Waals surface area (Å²) in [6.07, 6.45) is 4.23. The molecule has 0 radical (unpaired) electrons. The van der Waals surface area contributed by atoms with Gasteiger partial charge in [-0.1, -0.05) is 18.7 Å². The van der Waals surface area contributed by atoms with E-state index in [-0.39, 0.29) is 5.91 Å². The molecule has 2 rings (SSSR count). The Labute approximate surface area is 110 Å². The van der Waals surface area contributed by atoms with Crippen LogP contribution in [-0.2, 0) is 4.79 Å². The number of aliphatic hydroxyl groups excluding tert-OH is 1. The molecule has 1 aromatic rings. The zero-order valence-electron chi connectivity index (χ0n) is 10.4. The fourth-order valence-electron chi connectivity index (χ4n) is 1.50. The molecule has 0 aliphatic heterocycles. The summed E-state index contributed by atoms with van der Waals surface area (Å²) in [5.41, 5.74) is 0. The van der Waals surface area contributed by atoms with Crippen molar-refractivity contribution in [1.82, 2.24) is 20.1 Å². The van der Waals surface area contributed by atoms with Crippen molar-refractivity contribution in [3.05, 3.63) is 6.33 Å². The van der Waals surface area contributed by atoms with Crippen LogP contribution in [0.15, 0.2) is 11.5 Å². The minimum absolute atomic E-state index is 0.0853. The maximum Gasteiger partial charge on any atom is 0.230 e. The van der Waals surface area contributed by atoms with E-state index >= 15 is 0 Å². The van der Waals surface area contributed by atoms with Crippen LogP contribution in [0.4, 0.5) is 0 Å². The lowest BCUT2D eigenvalue weighted by atomic mass is 10.3. The molecular formula is C11H18N4O2S. The van der Waals surface area contributed by atoms with Crippen LogP contribution in [0.3, 0.4) is 0 Å². The van der Waals surface area contributed by atoms with Crippen molar-refractivity contribution in [2.24, 2.45) is 0 Å². The predicted octanol–water partition coefficient (Wildman–Crippen LogP) is 0.592. The zero-order valence-corrected chi connectivity index (χ0v) is 11.2. The van der Waals surface area contributed by atoms with Gasteiger partial charge >= 0.3 is 0 Å². The summed E-state index contributed by atoms with van der Waals surface area (Å²) in [7, 11) is 0. The lowest BCUT2D eigenvalue weighted by molar-refractivity contribution is -0.119. The number of carbonyl (C=O) groups is 1. The topological polar surface area (TPSA) is 80.0 Å². The van der Waals surface area contributed by atoms with Crippen molar-refractivity contribution in [2.75, 3.05) is 12.3 Å². The average molecular weight is 270 g/mol. The van der Waals surface area contributed by atoms with E-state index in [0.29, 0.717) is 24.8 Å². The molecule has 6 nitrogen and oxygen atoms in total. The van der Waals surface area contributed by atoms with Gasteiger partial charge in [-0.15, -0.1) is 10.2 Å². The third-order valence-electron chi connectivity index (χ3n) is 2.82. The third kappa shape index (κ3) is 3.71. The van der Waals surface area contributed by atoms with Gasteiger partial charge in [-0.2, -0.15) is 0 Å². The van der Waals surface area contributed by atoms with E-state index in [9.17, 15) is 9.90 Å². The van der Waals surface area contributed by atoms with E-state index in [1.54, 1.807) is 6.33 Å². The molecule has 2 N–H and O–H groups in total. The number of aliphatic hydroxyl groups is 1. The van der Waals surface area contributed by atoms with Crippen molar-refractivity contribution >= 4 is 17.7 Å². The van der Waals surface area contributed by atoms with E-state index in [0.717, 1.165) is 5.16 Å². The number of nitrogens with one attached hydrogen (secondary N) is 1. The Morgan fingerprint density at radius 1 is 1.72 bits per heavy atom. The van der Waals surface area contributed by atoms with Gasteiger partial charge in [0.25, 0.3) is 0 Å². The molecule has 7 heteroatoms. The van der Waals surface area contributed by atoms with Crippen LogP contribution in [0.2, 0.25) is 0 Å². The van der Waals surface area contributed by atoms with Crippen LogP contribution in [-0.4, -0.2) is 44.2 Å². The minimum Gasteiger partial charge on any atom is -0.391 e. The highest BCUT2D eigenvalue weighted by Crippen LogP contribution is 2.37. The Morgan fingerprint density at radius 3 is 3.17 bits per heavy atom. The lowest BCUT2D eigenvalue weighted by Crippen LogP contribution is -2.32. The van der Waals surface area contributed by atoms with Gasteiger partial charge in [0.1, 0.15) is 6.33 Å². The summed E-state index contributed by atoms with van der Waals surface area (Å²) >= 11 is 1.39. The molecule has 1 aliphatic carbocycles. The Kier molecular flexibility index (Phi) is 4.60. The van der Waals surface area contributed by atoms with Crippen LogP contribution in [0.5, 0.6) is 0 Å². The van der Waals surface area contributed by atoms with Crippen LogP contribution in [0.1, 0.15) is 32.2 Å². The van der Waals surface area contributed by atoms with E-state index in [1.165, 1.54) is 24.6 Å². The van der Waals surface area contributed by atoms with Gasteiger partial charge in [-0.3, -0.25) is 4.79 Å². The molecule has 1 saturated carbocycles. The molecule has 0 spiro atoms. The molecule has 1 aliphatic rings. The Hall–Kier alpha value is -1.08. The highest BCUT2D eigenvalue weighted by atomic mass is 32.2. The number of amides is 1. The van der Waals surface area contributed by atoms with Crippen molar-refractivity contribution in [3.8, 4) is 0 Å². The Balaban J connectivity index is 1.73. The molecule has 1 aromatic heterocycles. The zero-order chi connectivity index (χ0) is 13.0. The van der Waals surface area contributed by atoms with Gasteiger partial charge < -0.3 is 15.0 Å². The molecule has 18 heavy (non-hydrogen) atoms. The van der Waals surface area contributed by atoms with Crippen LogP contribution >= 0.6 is 11.8 Å². The highest BCUT2D eigenvalue weighted by Gasteiger charge is 2.26. The van der Waals surface area contributed by atoms with Gasteiger partial charge in [-0.05, 0) is 19.3 Å². The summed E-state index contributed by atoms with van der Waals surface area (Å²) in [6.45, 7) is 2.19. The number of hydrogen-bond acceptors (Lipinski definition) is 5. The number of nitrogens with zero attached hydrogens (tertiary/aromatic N) is 3. The summed E-state index contributed by atoms with van der Waals surface area (Å²) in [5, 5.41) is 20.7. The SMILES string of the molecule is CCC(O)CNC(=O)CSc1nncn1C1CC1. The largest absolute Gasteiger partial charge is 0.391 e. The van der Waals surface area contributed by atoms with Gasteiger partial charge in [0.05, 0.1) is 11.9 Å². The first-order chi connectivity index (χ1) is 8.70. The number of hydrogen-bond donors (Lipinski definition) is 2. The molecule has 1 fully saturated rings. The second-order valence-electron chi connectivity index (χ2n) is 4.41. The monoisotopic (exact) mass is 270 g/mol.